The van der Waals surface area contributed by atoms with Crippen LogP contribution in [0.1, 0.15) is 34.6 Å². The summed E-state index contributed by atoms with van der Waals surface area (Å²) in [6.45, 7) is 16.3. The molecule has 0 aromatic heterocycles. The van der Waals surface area contributed by atoms with E-state index < -0.39 is 8.32 Å². The highest BCUT2D eigenvalue weighted by atomic mass is 28.4. The van der Waals surface area contributed by atoms with E-state index in [0.29, 0.717) is 12.5 Å². The zero-order chi connectivity index (χ0) is 11.6. The van der Waals surface area contributed by atoms with Gasteiger partial charge in [0.15, 0.2) is 8.32 Å². The van der Waals surface area contributed by atoms with Crippen molar-refractivity contribution in [1.29, 1.82) is 0 Å². The summed E-state index contributed by atoms with van der Waals surface area (Å²) in [6, 6.07) is 0.170. The second kappa shape index (κ2) is 4.77. The Hall–Kier alpha value is 0.137. The molecule has 3 heteroatoms. The average molecular weight is 217 g/mol. The molecular formula is C11H27NOSi. The fourth-order valence-electron chi connectivity index (χ4n) is 0.714. The van der Waals surface area contributed by atoms with Gasteiger partial charge in [-0.3, -0.25) is 0 Å². The summed E-state index contributed by atoms with van der Waals surface area (Å²) in [4.78, 5) is 0. The lowest BCUT2D eigenvalue weighted by Gasteiger charge is -2.37. The van der Waals surface area contributed by atoms with Gasteiger partial charge in [0, 0.05) is 12.6 Å². The molecule has 0 unspecified atom stereocenters. The SMILES string of the molecule is CC(C)[C@H](N)CO[Si](C)(C)C(C)(C)C. The summed E-state index contributed by atoms with van der Waals surface area (Å²) in [5.74, 6) is 0.500. The first-order valence-electron chi connectivity index (χ1n) is 5.47. The van der Waals surface area contributed by atoms with Crippen molar-refractivity contribution < 1.29 is 4.43 Å². The Labute approximate surface area is 90.3 Å². The minimum absolute atomic E-state index is 0.170. The van der Waals surface area contributed by atoms with Gasteiger partial charge in [-0.25, -0.2) is 0 Å². The predicted molar refractivity (Wildman–Crippen MR) is 66.0 cm³/mol. The molecule has 2 nitrogen and oxygen atoms in total. The third-order valence-electron chi connectivity index (χ3n) is 3.30. The van der Waals surface area contributed by atoms with Crippen molar-refractivity contribution in [2.75, 3.05) is 6.61 Å². The van der Waals surface area contributed by atoms with Gasteiger partial charge in [-0.1, -0.05) is 34.6 Å². The Balaban J connectivity index is 4.13. The molecule has 0 spiro atoms. The minimum atomic E-state index is -1.59. The van der Waals surface area contributed by atoms with E-state index in [1.165, 1.54) is 0 Å². The fraction of sp³-hybridized carbons (Fsp3) is 1.00. The molecular weight excluding hydrogens is 190 g/mol. The fourth-order valence-corrected chi connectivity index (χ4v) is 1.76. The molecule has 14 heavy (non-hydrogen) atoms. The summed E-state index contributed by atoms with van der Waals surface area (Å²) < 4.78 is 6.03. The van der Waals surface area contributed by atoms with Gasteiger partial charge in [-0.2, -0.15) is 0 Å². The maximum Gasteiger partial charge on any atom is 0.192 e. The average Bonchev–Trinajstić information content (AvgIpc) is 1.97. The highest BCUT2D eigenvalue weighted by molar-refractivity contribution is 6.74. The summed E-state index contributed by atoms with van der Waals surface area (Å²) in [6.07, 6.45) is 0. The molecule has 0 aliphatic rings. The second-order valence-electron chi connectivity index (χ2n) is 5.98. The lowest BCUT2D eigenvalue weighted by atomic mass is 10.1. The quantitative estimate of drug-likeness (QED) is 0.735. The van der Waals surface area contributed by atoms with E-state index in [1.807, 2.05) is 0 Å². The predicted octanol–water partition coefficient (Wildman–Crippen LogP) is 2.99. The van der Waals surface area contributed by atoms with Crippen LogP contribution in [0.3, 0.4) is 0 Å². The molecule has 0 bridgehead atoms. The van der Waals surface area contributed by atoms with Gasteiger partial charge in [-0.15, -0.1) is 0 Å². The van der Waals surface area contributed by atoms with E-state index >= 15 is 0 Å². The zero-order valence-corrected chi connectivity index (χ0v) is 11.8. The summed E-state index contributed by atoms with van der Waals surface area (Å²) in [5.41, 5.74) is 5.96. The number of hydrogen-bond acceptors (Lipinski definition) is 2. The van der Waals surface area contributed by atoms with Crippen LogP contribution in [0.5, 0.6) is 0 Å². The molecule has 0 aliphatic carbocycles. The second-order valence-corrected chi connectivity index (χ2v) is 10.8. The largest absolute Gasteiger partial charge is 0.415 e. The van der Waals surface area contributed by atoms with Gasteiger partial charge in [0.25, 0.3) is 0 Å². The lowest BCUT2D eigenvalue weighted by Crippen LogP contribution is -2.45. The first kappa shape index (κ1) is 14.1. The van der Waals surface area contributed by atoms with Crippen LogP contribution in [0.4, 0.5) is 0 Å². The van der Waals surface area contributed by atoms with Crippen molar-refractivity contribution in [3.8, 4) is 0 Å². The van der Waals surface area contributed by atoms with Crippen molar-refractivity contribution in [2.45, 2.75) is 58.8 Å². The summed E-state index contributed by atoms with van der Waals surface area (Å²) in [5, 5.41) is 0.281. The summed E-state index contributed by atoms with van der Waals surface area (Å²) in [7, 11) is -1.59. The van der Waals surface area contributed by atoms with Gasteiger partial charge >= 0.3 is 0 Å². The molecule has 0 amide bonds. The van der Waals surface area contributed by atoms with Crippen molar-refractivity contribution in [3.05, 3.63) is 0 Å². The molecule has 0 aromatic carbocycles. The smallest absolute Gasteiger partial charge is 0.192 e. The van der Waals surface area contributed by atoms with Crippen molar-refractivity contribution in [2.24, 2.45) is 11.7 Å². The Bertz CT molecular complexity index is 173. The molecule has 86 valence electrons. The van der Waals surface area contributed by atoms with Crippen LogP contribution in [0.2, 0.25) is 18.1 Å². The standard InChI is InChI=1S/C11H27NOSi/c1-9(2)10(12)8-13-14(6,7)11(3,4)5/h9-10H,8,12H2,1-7H3/t10-/m1/s1. The number of nitrogens with two attached hydrogens (primary N) is 1. The van der Waals surface area contributed by atoms with Crippen LogP contribution in [0.15, 0.2) is 0 Å². The monoisotopic (exact) mass is 217 g/mol. The number of rotatable bonds is 4. The lowest BCUT2D eigenvalue weighted by molar-refractivity contribution is 0.238. The molecule has 1 atom stereocenters. The molecule has 0 fully saturated rings. The molecule has 0 aliphatic heterocycles. The van der Waals surface area contributed by atoms with Crippen LogP contribution in [-0.2, 0) is 4.43 Å². The Morgan fingerprint density at radius 2 is 1.64 bits per heavy atom. The molecule has 0 rings (SSSR count). The van der Waals surface area contributed by atoms with E-state index in [9.17, 15) is 0 Å². The third-order valence-corrected chi connectivity index (χ3v) is 7.80. The maximum atomic E-state index is 6.03. The van der Waals surface area contributed by atoms with Crippen molar-refractivity contribution >= 4 is 8.32 Å². The minimum Gasteiger partial charge on any atom is -0.415 e. The van der Waals surface area contributed by atoms with E-state index in [2.05, 4.69) is 47.7 Å². The van der Waals surface area contributed by atoms with Crippen LogP contribution >= 0.6 is 0 Å². The first-order valence-corrected chi connectivity index (χ1v) is 8.38. The van der Waals surface area contributed by atoms with E-state index in [1.54, 1.807) is 0 Å². The Morgan fingerprint density at radius 3 is 1.93 bits per heavy atom. The highest BCUT2D eigenvalue weighted by Gasteiger charge is 2.37. The van der Waals surface area contributed by atoms with Crippen LogP contribution in [0.25, 0.3) is 0 Å². The van der Waals surface area contributed by atoms with Gasteiger partial charge < -0.3 is 10.2 Å². The molecule has 2 N–H and O–H groups in total. The van der Waals surface area contributed by atoms with Crippen LogP contribution < -0.4 is 5.73 Å². The topological polar surface area (TPSA) is 35.2 Å². The van der Waals surface area contributed by atoms with Gasteiger partial charge in [0.2, 0.25) is 0 Å². The van der Waals surface area contributed by atoms with Gasteiger partial charge in [0.1, 0.15) is 0 Å². The zero-order valence-electron chi connectivity index (χ0n) is 10.8. The Kier molecular flexibility index (Phi) is 4.82. The van der Waals surface area contributed by atoms with Gasteiger partial charge in [-0.05, 0) is 24.1 Å². The van der Waals surface area contributed by atoms with Crippen molar-refractivity contribution in [1.82, 2.24) is 0 Å². The van der Waals surface area contributed by atoms with E-state index in [4.69, 9.17) is 10.2 Å². The van der Waals surface area contributed by atoms with Crippen molar-refractivity contribution in [3.63, 3.8) is 0 Å². The summed E-state index contributed by atoms with van der Waals surface area (Å²) >= 11 is 0. The first-order chi connectivity index (χ1) is 6.08. The third kappa shape index (κ3) is 4.11. The number of hydrogen-bond donors (Lipinski definition) is 1. The Morgan fingerprint density at radius 1 is 1.21 bits per heavy atom. The van der Waals surface area contributed by atoms with E-state index in [-0.39, 0.29) is 11.1 Å². The normalized spacial score (nSPS) is 16.1. The van der Waals surface area contributed by atoms with Gasteiger partial charge in [0.05, 0.1) is 0 Å². The molecule has 0 saturated heterocycles. The van der Waals surface area contributed by atoms with Crippen LogP contribution in [0, 0.1) is 5.92 Å². The molecule has 0 heterocycles. The van der Waals surface area contributed by atoms with Crippen LogP contribution in [-0.4, -0.2) is 21.0 Å². The molecule has 0 aromatic rings. The molecule has 0 radical (unpaired) electrons. The highest BCUT2D eigenvalue weighted by Crippen LogP contribution is 2.36. The molecule has 0 saturated carbocycles. The van der Waals surface area contributed by atoms with E-state index in [0.717, 1.165) is 0 Å². The maximum absolute atomic E-state index is 6.03.